The third-order valence-corrected chi connectivity index (χ3v) is 4.53. The van der Waals surface area contributed by atoms with Crippen LogP contribution in [-0.2, 0) is 6.54 Å². The monoisotopic (exact) mass is 309 g/mol. The van der Waals surface area contributed by atoms with E-state index in [0.717, 1.165) is 49.3 Å². The van der Waals surface area contributed by atoms with E-state index >= 15 is 0 Å². The Bertz CT molecular complexity index is 846. The Morgan fingerprint density at radius 1 is 1.09 bits per heavy atom. The van der Waals surface area contributed by atoms with Crippen molar-refractivity contribution in [2.75, 3.05) is 13.1 Å². The van der Waals surface area contributed by atoms with Crippen molar-refractivity contribution in [2.45, 2.75) is 25.4 Å². The van der Waals surface area contributed by atoms with Gasteiger partial charge in [-0.15, -0.1) is 0 Å². The largest absolute Gasteiger partial charge is 0.326 e. The van der Waals surface area contributed by atoms with Crippen LogP contribution < -0.4 is 5.69 Å². The van der Waals surface area contributed by atoms with Gasteiger partial charge < -0.3 is 4.98 Å². The molecular formula is C17H19N5O. The number of piperidine rings is 1. The lowest BCUT2D eigenvalue weighted by molar-refractivity contribution is 0.176. The number of imidazole rings is 1. The van der Waals surface area contributed by atoms with Gasteiger partial charge in [0.25, 0.3) is 0 Å². The summed E-state index contributed by atoms with van der Waals surface area (Å²) in [7, 11) is 0. The summed E-state index contributed by atoms with van der Waals surface area (Å²) in [5.41, 5.74) is 1.91. The fourth-order valence-corrected chi connectivity index (χ4v) is 3.38. The first kappa shape index (κ1) is 14.1. The van der Waals surface area contributed by atoms with Crippen LogP contribution in [0.4, 0.5) is 0 Å². The van der Waals surface area contributed by atoms with Crippen molar-refractivity contribution in [3.8, 4) is 0 Å². The molecule has 3 heterocycles. The number of aromatic nitrogens is 4. The molecule has 4 rings (SSSR count). The lowest BCUT2D eigenvalue weighted by Crippen LogP contribution is -2.36. The van der Waals surface area contributed by atoms with Crippen LogP contribution in [0.3, 0.4) is 0 Å². The number of hydrogen-bond acceptors (Lipinski definition) is 4. The zero-order valence-electron chi connectivity index (χ0n) is 12.9. The number of nitrogens with zero attached hydrogens (tertiary/aromatic N) is 4. The SMILES string of the molecule is O=c1[nH]c2ccccc2n1C1CCN(Cc2ncccn2)CC1. The van der Waals surface area contributed by atoms with E-state index in [1.807, 2.05) is 34.9 Å². The molecule has 1 aliphatic heterocycles. The Balaban J connectivity index is 1.49. The molecule has 0 saturated carbocycles. The lowest BCUT2D eigenvalue weighted by atomic mass is 10.0. The zero-order valence-corrected chi connectivity index (χ0v) is 12.9. The third kappa shape index (κ3) is 2.77. The number of fused-ring (bicyclic) bond motifs is 1. The van der Waals surface area contributed by atoms with Gasteiger partial charge in [0.15, 0.2) is 0 Å². The van der Waals surface area contributed by atoms with E-state index < -0.39 is 0 Å². The standard InChI is InChI=1S/C17H19N5O/c23-17-20-14-4-1-2-5-15(14)22(17)13-6-10-21(11-7-13)12-16-18-8-3-9-19-16/h1-5,8-9,13H,6-7,10-12H2,(H,20,23). The minimum absolute atomic E-state index is 0.00366. The number of aromatic amines is 1. The molecule has 1 N–H and O–H groups in total. The Morgan fingerprint density at radius 3 is 2.61 bits per heavy atom. The van der Waals surface area contributed by atoms with E-state index in [9.17, 15) is 4.79 Å². The minimum atomic E-state index is -0.00366. The van der Waals surface area contributed by atoms with Crippen LogP contribution in [-0.4, -0.2) is 37.5 Å². The van der Waals surface area contributed by atoms with Crippen LogP contribution in [0.2, 0.25) is 0 Å². The van der Waals surface area contributed by atoms with Gasteiger partial charge in [-0.25, -0.2) is 14.8 Å². The molecule has 2 aromatic heterocycles. The highest BCUT2D eigenvalue weighted by Gasteiger charge is 2.23. The first-order chi connectivity index (χ1) is 11.3. The van der Waals surface area contributed by atoms with E-state index in [4.69, 9.17) is 0 Å². The fraction of sp³-hybridized carbons (Fsp3) is 0.353. The maximum atomic E-state index is 12.3. The summed E-state index contributed by atoms with van der Waals surface area (Å²) >= 11 is 0. The van der Waals surface area contributed by atoms with Gasteiger partial charge in [-0.05, 0) is 31.0 Å². The molecule has 118 valence electrons. The van der Waals surface area contributed by atoms with E-state index in [0.29, 0.717) is 0 Å². The second-order valence-corrected chi connectivity index (χ2v) is 5.99. The Labute approximate surface area is 133 Å². The maximum Gasteiger partial charge on any atom is 0.326 e. The molecule has 1 saturated heterocycles. The van der Waals surface area contributed by atoms with Gasteiger partial charge in [0, 0.05) is 31.5 Å². The Morgan fingerprint density at radius 2 is 1.83 bits per heavy atom. The second kappa shape index (κ2) is 5.96. The van der Waals surface area contributed by atoms with Crippen molar-refractivity contribution >= 4 is 11.0 Å². The number of para-hydroxylation sites is 2. The molecule has 6 nitrogen and oxygen atoms in total. The summed E-state index contributed by atoms with van der Waals surface area (Å²) in [5.74, 6) is 0.857. The van der Waals surface area contributed by atoms with E-state index in [-0.39, 0.29) is 11.7 Å². The molecule has 0 unspecified atom stereocenters. The van der Waals surface area contributed by atoms with Gasteiger partial charge in [-0.3, -0.25) is 9.47 Å². The van der Waals surface area contributed by atoms with Gasteiger partial charge in [-0.1, -0.05) is 12.1 Å². The van der Waals surface area contributed by atoms with Crippen molar-refractivity contribution in [1.29, 1.82) is 0 Å². The van der Waals surface area contributed by atoms with Crippen molar-refractivity contribution in [3.63, 3.8) is 0 Å². The summed E-state index contributed by atoms with van der Waals surface area (Å²) in [6.07, 6.45) is 5.49. The predicted octanol–water partition coefficient (Wildman–Crippen LogP) is 1.96. The Kier molecular flexibility index (Phi) is 3.67. The molecule has 1 fully saturated rings. The quantitative estimate of drug-likeness (QED) is 0.803. The highest BCUT2D eigenvalue weighted by Crippen LogP contribution is 2.25. The number of likely N-dealkylation sites (tertiary alicyclic amines) is 1. The number of H-pyrrole nitrogens is 1. The normalized spacial score (nSPS) is 16.9. The highest BCUT2D eigenvalue weighted by atomic mass is 16.1. The van der Waals surface area contributed by atoms with E-state index in [1.54, 1.807) is 12.4 Å². The Hall–Kier alpha value is -2.47. The second-order valence-electron chi connectivity index (χ2n) is 5.99. The lowest BCUT2D eigenvalue weighted by Gasteiger charge is -2.31. The zero-order chi connectivity index (χ0) is 15.6. The predicted molar refractivity (Wildman–Crippen MR) is 88.1 cm³/mol. The molecule has 0 bridgehead atoms. The topological polar surface area (TPSA) is 66.8 Å². The van der Waals surface area contributed by atoms with Crippen LogP contribution in [0.1, 0.15) is 24.7 Å². The molecule has 6 heteroatoms. The fourth-order valence-electron chi connectivity index (χ4n) is 3.38. The summed E-state index contributed by atoms with van der Waals surface area (Å²) in [6, 6.07) is 9.98. The van der Waals surface area contributed by atoms with E-state index in [1.165, 1.54) is 0 Å². The molecule has 23 heavy (non-hydrogen) atoms. The number of benzene rings is 1. The number of hydrogen-bond donors (Lipinski definition) is 1. The molecule has 0 radical (unpaired) electrons. The molecule has 1 aromatic carbocycles. The average molecular weight is 309 g/mol. The first-order valence-electron chi connectivity index (χ1n) is 7.99. The van der Waals surface area contributed by atoms with Crippen molar-refractivity contribution in [2.24, 2.45) is 0 Å². The number of rotatable bonds is 3. The van der Waals surface area contributed by atoms with Crippen LogP contribution in [0.5, 0.6) is 0 Å². The van der Waals surface area contributed by atoms with Crippen molar-refractivity contribution in [1.82, 2.24) is 24.4 Å². The smallest absolute Gasteiger partial charge is 0.306 e. The van der Waals surface area contributed by atoms with Crippen LogP contribution in [0.25, 0.3) is 11.0 Å². The minimum Gasteiger partial charge on any atom is -0.306 e. The first-order valence-corrected chi connectivity index (χ1v) is 7.99. The third-order valence-electron chi connectivity index (χ3n) is 4.53. The van der Waals surface area contributed by atoms with Crippen molar-refractivity contribution in [3.05, 3.63) is 59.0 Å². The maximum absolute atomic E-state index is 12.3. The van der Waals surface area contributed by atoms with Gasteiger partial charge in [-0.2, -0.15) is 0 Å². The molecule has 0 aliphatic carbocycles. The number of nitrogens with one attached hydrogen (secondary N) is 1. The highest BCUT2D eigenvalue weighted by molar-refractivity contribution is 5.75. The molecule has 0 atom stereocenters. The van der Waals surface area contributed by atoms with Gasteiger partial charge in [0.05, 0.1) is 17.6 Å². The summed E-state index contributed by atoms with van der Waals surface area (Å²) in [6.45, 7) is 2.68. The van der Waals surface area contributed by atoms with Crippen molar-refractivity contribution < 1.29 is 0 Å². The molecule has 3 aromatic rings. The van der Waals surface area contributed by atoms with Crippen LogP contribution >= 0.6 is 0 Å². The van der Waals surface area contributed by atoms with Crippen LogP contribution in [0.15, 0.2) is 47.5 Å². The molecular weight excluding hydrogens is 290 g/mol. The van der Waals surface area contributed by atoms with Crippen LogP contribution in [0, 0.1) is 0 Å². The van der Waals surface area contributed by atoms with Gasteiger partial charge in [0.1, 0.15) is 5.82 Å². The van der Waals surface area contributed by atoms with E-state index in [2.05, 4.69) is 19.9 Å². The summed E-state index contributed by atoms with van der Waals surface area (Å²) in [5, 5.41) is 0. The average Bonchev–Trinajstić information content (AvgIpc) is 2.92. The van der Waals surface area contributed by atoms with Gasteiger partial charge >= 0.3 is 5.69 Å². The van der Waals surface area contributed by atoms with Gasteiger partial charge in [0.2, 0.25) is 0 Å². The molecule has 0 amide bonds. The summed E-state index contributed by atoms with van der Waals surface area (Å²) in [4.78, 5) is 26.2. The summed E-state index contributed by atoms with van der Waals surface area (Å²) < 4.78 is 1.92. The molecule has 0 spiro atoms. The molecule has 1 aliphatic rings.